The Labute approximate surface area is 148 Å². The Morgan fingerprint density at radius 3 is 2.54 bits per heavy atom. The van der Waals surface area contributed by atoms with Gasteiger partial charge in [0.2, 0.25) is 11.7 Å². The Bertz CT molecular complexity index is 755. The van der Waals surface area contributed by atoms with Crippen molar-refractivity contribution in [2.45, 2.75) is 19.6 Å². The van der Waals surface area contributed by atoms with Crippen LogP contribution in [0.15, 0.2) is 40.9 Å². The standard InChI is InChI=1S/C17H18F3N3O3/c1-3-4-14(24)23(9-10-25-2)11-12-5-7-13(8-6-12)15-21-16(26-22-15)17(18,19)20/h3-8H,9-11H2,1-2H3. The minimum absolute atomic E-state index is 0.148. The molecule has 9 heteroatoms. The molecule has 0 aliphatic rings. The van der Waals surface area contributed by atoms with Gasteiger partial charge in [-0.25, -0.2) is 0 Å². The number of carbonyl (C=O) groups is 1. The molecular formula is C17H18F3N3O3. The Kier molecular flexibility index (Phi) is 6.51. The van der Waals surface area contributed by atoms with Crippen molar-refractivity contribution in [2.75, 3.05) is 20.3 Å². The van der Waals surface area contributed by atoms with Crippen molar-refractivity contribution in [3.05, 3.63) is 47.9 Å². The smallest absolute Gasteiger partial charge is 0.383 e. The Balaban J connectivity index is 2.12. The average molecular weight is 369 g/mol. The summed E-state index contributed by atoms with van der Waals surface area (Å²) in [6, 6.07) is 6.55. The summed E-state index contributed by atoms with van der Waals surface area (Å²) in [6.45, 7) is 2.90. The lowest BCUT2D eigenvalue weighted by atomic mass is 10.1. The molecule has 0 radical (unpaired) electrons. The van der Waals surface area contributed by atoms with Gasteiger partial charge in [-0.3, -0.25) is 4.79 Å². The number of benzene rings is 1. The van der Waals surface area contributed by atoms with Crippen molar-refractivity contribution in [2.24, 2.45) is 0 Å². The highest BCUT2D eigenvalue weighted by atomic mass is 19.4. The van der Waals surface area contributed by atoms with E-state index in [9.17, 15) is 18.0 Å². The first-order chi connectivity index (χ1) is 12.3. The number of ether oxygens (including phenoxy) is 1. The maximum absolute atomic E-state index is 12.5. The fourth-order valence-electron chi connectivity index (χ4n) is 2.15. The molecule has 0 aliphatic heterocycles. The molecule has 140 valence electrons. The van der Waals surface area contributed by atoms with Gasteiger partial charge in [0, 0.05) is 25.8 Å². The van der Waals surface area contributed by atoms with E-state index in [1.807, 2.05) is 0 Å². The summed E-state index contributed by atoms with van der Waals surface area (Å²) in [5.74, 6) is -1.69. The van der Waals surface area contributed by atoms with Crippen LogP contribution in [0.25, 0.3) is 11.4 Å². The first-order valence-corrected chi connectivity index (χ1v) is 7.76. The third-order valence-corrected chi connectivity index (χ3v) is 3.44. The van der Waals surface area contributed by atoms with Crippen molar-refractivity contribution in [3.63, 3.8) is 0 Å². The van der Waals surface area contributed by atoms with Gasteiger partial charge in [-0.1, -0.05) is 35.5 Å². The predicted octanol–water partition coefficient (Wildman–Crippen LogP) is 3.31. The summed E-state index contributed by atoms with van der Waals surface area (Å²) in [4.78, 5) is 17.0. The Morgan fingerprint density at radius 1 is 1.31 bits per heavy atom. The molecule has 0 fully saturated rings. The number of allylic oxidation sites excluding steroid dienone is 1. The average Bonchev–Trinajstić information content (AvgIpc) is 3.10. The van der Waals surface area contributed by atoms with E-state index in [1.165, 1.54) is 6.08 Å². The number of alkyl halides is 3. The summed E-state index contributed by atoms with van der Waals surface area (Å²) < 4.78 is 46.8. The van der Waals surface area contributed by atoms with Gasteiger partial charge >= 0.3 is 12.1 Å². The molecule has 2 aromatic rings. The molecule has 0 bridgehead atoms. The number of rotatable bonds is 7. The number of hydrogen-bond donors (Lipinski definition) is 0. The molecule has 0 saturated heterocycles. The van der Waals surface area contributed by atoms with Gasteiger partial charge < -0.3 is 14.2 Å². The summed E-state index contributed by atoms with van der Waals surface area (Å²) >= 11 is 0. The van der Waals surface area contributed by atoms with Crippen molar-refractivity contribution in [1.82, 2.24) is 15.0 Å². The monoisotopic (exact) mass is 369 g/mol. The van der Waals surface area contributed by atoms with Crippen LogP contribution < -0.4 is 0 Å². The number of methoxy groups -OCH3 is 1. The summed E-state index contributed by atoms with van der Waals surface area (Å²) in [5, 5.41) is 3.34. The van der Waals surface area contributed by atoms with E-state index in [-0.39, 0.29) is 11.7 Å². The van der Waals surface area contributed by atoms with Gasteiger partial charge in [0.05, 0.1) is 6.61 Å². The minimum Gasteiger partial charge on any atom is -0.383 e. The first kappa shape index (κ1) is 19.6. The van der Waals surface area contributed by atoms with E-state index < -0.39 is 12.1 Å². The third-order valence-electron chi connectivity index (χ3n) is 3.44. The second kappa shape index (κ2) is 8.61. The normalized spacial score (nSPS) is 11.9. The predicted molar refractivity (Wildman–Crippen MR) is 86.8 cm³/mol. The van der Waals surface area contributed by atoms with E-state index in [1.54, 1.807) is 49.3 Å². The molecule has 1 amide bonds. The van der Waals surface area contributed by atoms with Gasteiger partial charge in [-0.15, -0.1) is 0 Å². The van der Waals surface area contributed by atoms with Gasteiger partial charge in [0.25, 0.3) is 0 Å². The zero-order valence-corrected chi connectivity index (χ0v) is 14.3. The Morgan fingerprint density at radius 2 is 2.00 bits per heavy atom. The molecule has 0 aliphatic carbocycles. The van der Waals surface area contributed by atoms with Crippen molar-refractivity contribution < 1.29 is 27.2 Å². The molecular weight excluding hydrogens is 351 g/mol. The molecule has 26 heavy (non-hydrogen) atoms. The number of aromatic nitrogens is 2. The largest absolute Gasteiger partial charge is 0.471 e. The molecule has 1 aromatic heterocycles. The second-order valence-corrected chi connectivity index (χ2v) is 5.37. The van der Waals surface area contributed by atoms with Crippen LogP contribution >= 0.6 is 0 Å². The van der Waals surface area contributed by atoms with Gasteiger partial charge in [0.1, 0.15) is 0 Å². The minimum atomic E-state index is -4.68. The maximum atomic E-state index is 12.5. The molecule has 0 spiro atoms. The van der Waals surface area contributed by atoms with Crippen molar-refractivity contribution >= 4 is 5.91 Å². The zero-order valence-electron chi connectivity index (χ0n) is 14.3. The number of amides is 1. The summed E-state index contributed by atoms with van der Waals surface area (Å²) in [7, 11) is 1.55. The highest BCUT2D eigenvalue weighted by Gasteiger charge is 2.38. The number of carbonyl (C=O) groups excluding carboxylic acids is 1. The van der Waals surface area contributed by atoms with Crippen LogP contribution in [0.4, 0.5) is 13.2 Å². The molecule has 0 N–H and O–H groups in total. The maximum Gasteiger partial charge on any atom is 0.471 e. The molecule has 6 nitrogen and oxygen atoms in total. The van der Waals surface area contributed by atoms with Crippen LogP contribution in [0.2, 0.25) is 0 Å². The third kappa shape index (κ3) is 5.16. The molecule has 0 unspecified atom stereocenters. The number of nitrogens with zero attached hydrogens (tertiary/aromatic N) is 3. The van der Waals surface area contributed by atoms with Crippen LogP contribution in [-0.4, -0.2) is 41.2 Å². The molecule has 1 aromatic carbocycles. The van der Waals surface area contributed by atoms with E-state index in [0.29, 0.717) is 25.3 Å². The summed E-state index contributed by atoms with van der Waals surface area (Å²) in [6.07, 6.45) is -1.57. The highest BCUT2D eigenvalue weighted by molar-refractivity contribution is 5.87. The van der Waals surface area contributed by atoms with Gasteiger partial charge in [0.15, 0.2) is 0 Å². The second-order valence-electron chi connectivity index (χ2n) is 5.37. The Hall–Kier alpha value is -2.68. The lowest BCUT2D eigenvalue weighted by Crippen LogP contribution is -2.32. The molecule has 2 rings (SSSR count). The highest BCUT2D eigenvalue weighted by Crippen LogP contribution is 2.29. The van der Waals surface area contributed by atoms with E-state index >= 15 is 0 Å². The topological polar surface area (TPSA) is 68.5 Å². The van der Waals surface area contributed by atoms with Crippen LogP contribution in [0.1, 0.15) is 18.4 Å². The molecule has 0 atom stereocenters. The van der Waals surface area contributed by atoms with E-state index in [4.69, 9.17) is 4.74 Å². The molecule has 0 saturated carbocycles. The van der Waals surface area contributed by atoms with Crippen LogP contribution in [-0.2, 0) is 22.3 Å². The van der Waals surface area contributed by atoms with E-state index in [0.717, 1.165) is 5.56 Å². The quantitative estimate of drug-likeness (QED) is 0.701. The first-order valence-electron chi connectivity index (χ1n) is 7.76. The fraction of sp³-hybridized carbons (Fsp3) is 0.353. The SMILES string of the molecule is CC=CC(=O)N(CCOC)Cc1ccc(-c2noc(C(F)(F)F)n2)cc1. The van der Waals surface area contributed by atoms with Gasteiger partial charge in [-0.2, -0.15) is 18.2 Å². The van der Waals surface area contributed by atoms with Crippen LogP contribution in [0.3, 0.4) is 0 Å². The fourth-order valence-corrected chi connectivity index (χ4v) is 2.15. The van der Waals surface area contributed by atoms with Crippen LogP contribution in [0, 0.1) is 0 Å². The van der Waals surface area contributed by atoms with Crippen molar-refractivity contribution in [1.29, 1.82) is 0 Å². The van der Waals surface area contributed by atoms with E-state index in [2.05, 4.69) is 14.7 Å². The van der Waals surface area contributed by atoms with Crippen molar-refractivity contribution in [3.8, 4) is 11.4 Å². The number of hydrogen-bond acceptors (Lipinski definition) is 5. The lowest BCUT2D eigenvalue weighted by molar-refractivity contribution is -0.159. The van der Waals surface area contributed by atoms with Crippen LogP contribution in [0.5, 0.6) is 0 Å². The molecule has 1 heterocycles. The van der Waals surface area contributed by atoms with Gasteiger partial charge in [-0.05, 0) is 18.6 Å². The lowest BCUT2D eigenvalue weighted by Gasteiger charge is -2.21. The summed E-state index contributed by atoms with van der Waals surface area (Å²) in [5.41, 5.74) is 1.19. The zero-order chi connectivity index (χ0) is 19.2. The number of halogens is 3.